The Balaban J connectivity index is 1.42. The summed E-state index contributed by atoms with van der Waals surface area (Å²) in [6, 6.07) is 19.8. The molecule has 0 aromatic heterocycles. The highest BCUT2D eigenvalue weighted by Crippen LogP contribution is 2.35. The van der Waals surface area contributed by atoms with E-state index in [1.54, 1.807) is 24.3 Å². The summed E-state index contributed by atoms with van der Waals surface area (Å²) in [4.78, 5) is 26.7. The van der Waals surface area contributed by atoms with E-state index in [9.17, 15) is 9.59 Å². The van der Waals surface area contributed by atoms with Gasteiger partial charge in [0.2, 0.25) is 0 Å². The predicted octanol–water partition coefficient (Wildman–Crippen LogP) is 7.46. The van der Waals surface area contributed by atoms with Crippen molar-refractivity contribution in [3.8, 4) is 5.75 Å². The summed E-state index contributed by atoms with van der Waals surface area (Å²) in [5.74, 6) is 0.317. The maximum absolute atomic E-state index is 12.8. The summed E-state index contributed by atoms with van der Waals surface area (Å²) in [6.45, 7) is 0.442. The third-order valence-electron chi connectivity index (χ3n) is 4.75. The van der Waals surface area contributed by atoms with Crippen molar-refractivity contribution in [1.29, 1.82) is 0 Å². The van der Waals surface area contributed by atoms with Gasteiger partial charge in [-0.3, -0.25) is 14.5 Å². The Hall–Kier alpha value is -2.44. The molecular formula is C24H16Cl3NO3S. The lowest BCUT2D eigenvalue weighted by molar-refractivity contribution is -0.123. The first-order valence-electron chi connectivity index (χ1n) is 9.56. The van der Waals surface area contributed by atoms with Crippen LogP contribution in [0.15, 0.2) is 71.6 Å². The standard InChI is InChI=1S/C24H16Cl3NO3S/c25-17-8-4-16(5-9-17)14-31-18-10-6-15(7-11-18)12-22-23(29)28(24(30)32-22)13-19-20(26)2-1-3-21(19)27/h1-12H,13-14H2/b22-12-. The molecule has 0 N–H and O–H groups in total. The minimum absolute atomic E-state index is 0.0258. The van der Waals surface area contributed by atoms with E-state index in [1.807, 2.05) is 48.5 Å². The number of rotatable bonds is 6. The van der Waals surface area contributed by atoms with Crippen LogP contribution in [0.5, 0.6) is 5.75 Å². The van der Waals surface area contributed by atoms with Crippen molar-refractivity contribution in [2.24, 2.45) is 0 Å². The molecule has 1 fully saturated rings. The smallest absolute Gasteiger partial charge is 0.293 e. The average Bonchev–Trinajstić information content (AvgIpc) is 3.04. The van der Waals surface area contributed by atoms with E-state index in [2.05, 4.69) is 0 Å². The van der Waals surface area contributed by atoms with Gasteiger partial charge in [0.15, 0.2) is 0 Å². The lowest BCUT2D eigenvalue weighted by Gasteiger charge is -2.14. The molecule has 32 heavy (non-hydrogen) atoms. The Bertz CT molecular complexity index is 1170. The first-order valence-corrected chi connectivity index (χ1v) is 11.5. The van der Waals surface area contributed by atoms with E-state index < -0.39 is 0 Å². The first-order chi connectivity index (χ1) is 15.4. The summed E-state index contributed by atoms with van der Waals surface area (Å²) in [5, 5.41) is 1.14. The fourth-order valence-corrected chi connectivity index (χ4v) is 4.52. The number of ether oxygens (including phenoxy) is 1. The molecule has 1 aliphatic rings. The summed E-state index contributed by atoms with van der Waals surface area (Å²) in [7, 11) is 0. The number of imide groups is 1. The van der Waals surface area contributed by atoms with Crippen LogP contribution in [-0.4, -0.2) is 16.0 Å². The quantitative estimate of drug-likeness (QED) is 0.327. The third-order valence-corrected chi connectivity index (χ3v) is 6.62. The predicted molar refractivity (Wildman–Crippen MR) is 130 cm³/mol. The van der Waals surface area contributed by atoms with Crippen molar-refractivity contribution in [1.82, 2.24) is 4.90 Å². The molecule has 0 saturated carbocycles. The van der Waals surface area contributed by atoms with Gasteiger partial charge in [0, 0.05) is 20.6 Å². The van der Waals surface area contributed by atoms with E-state index in [-0.39, 0.29) is 17.7 Å². The molecule has 0 bridgehead atoms. The molecule has 2 amide bonds. The summed E-state index contributed by atoms with van der Waals surface area (Å²) < 4.78 is 5.78. The topological polar surface area (TPSA) is 46.6 Å². The molecule has 0 spiro atoms. The molecule has 0 atom stereocenters. The van der Waals surface area contributed by atoms with Crippen LogP contribution >= 0.6 is 46.6 Å². The van der Waals surface area contributed by atoms with Crippen molar-refractivity contribution in [2.45, 2.75) is 13.2 Å². The van der Waals surface area contributed by atoms with Crippen LogP contribution in [0.1, 0.15) is 16.7 Å². The number of hydrogen-bond acceptors (Lipinski definition) is 4. The number of thioether (sulfide) groups is 1. The van der Waals surface area contributed by atoms with Gasteiger partial charge in [0.25, 0.3) is 11.1 Å². The molecule has 4 nitrogen and oxygen atoms in total. The zero-order valence-electron chi connectivity index (χ0n) is 16.6. The number of carbonyl (C=O) groups excluding carboxylic acids is 2. The van der Waals surface area contributed by atoms with Crippen LogP contribution in [0.4, 0.5) is 4.79 Å². The highest BCUT2D eigenvalue weighted by molar-refractivity contribution is 8.18. The minimum atomic E-state index is -0.376. The third kappa shape index (κ3) is 5.30. The maximum Gasteiger partial charge on any atom is 0.293 e. The second-order valence-corrected chi connectivity index (χ2v) is 9.20. The molecule has 1 heterocycles. The molecule has 162 valence electrons. The van der Waals surface area contributed by atoms with Crippen molar-refractivity contribution in [3.05, 3.63) is 103 Å². The molecular weight excluding hydrogens is 489 g/mol. The van der Waals surface area contributed by atoms with Gasteiger partial charge < -0.3 is 4.74 Å². The van der Waals surface area contributed by atoms with Gasteiger partial charge in [0.05, 0.1) is 11.4 Å². The van der Waals surface area contributed by atoms with Crippen LogP contribution in [0.25, 0.3) is 6.08 Å². The summed E-state index contributed by atoms with van der Waals surface area (Å²) >= 11 is 19.1. The maximum atomic E-state index is 12.8. The molecule has 1 saturated heterocycles. The zero-order valence-corrected chi connectivity index (χ0v) is 19.6. The number of halogens is 3. The Morgan fingerprint density at radius 1 is 0.875 bits per heavy atom. The van der Waals surface area contributed by atoms with Crippen molar-refractivity contribution in [3.63, 3.8) is 0 Å². The average molecular weight is 505 g/mol. The fourth-order valence-electron chi connectivity index (χ4n) is 3.04. The normalized spacial score (nSPS) is 15.0. The molecule has 3 aromatic rings. The summed E-state index contributed by atoms with van der Waals surface area (Å²) in [5.41, 5.74) is 2.33. The van der Waals surface area contributed by atoms with Gasteiger partial charge in [-0.2, -0.15) is 0 Å². The molecule has 3 aromatic carbocycles. The van der Waals surface area contributed by atoms with Gasteiger partial charge in [-0.25, -0.2) is 0 Å². The lowest BCUT2D eigenvalue weighted by Crippen LogP contribution is -2.27. The molecule has 8 heteroatoms. The van der Waals surface area contributed by atoms with Gasteiger partial charge in [-0.1, -0.05) is 65.1 Å². The Morgan fingerprint density at radius 3 is 2.19 bits per heavy atom. The monoisotopic (exact) mass is 503 g/mol. The first kappa shape index (κ1) is 22.7. The zero-order chi connectivity index (χ0) is 22.7. The number of benzene rings is 3. The fraction of sp³-hybridized carbons (Fsp3) is 0.0833. The lowest BCUT2D eigenvalue weighted by atomic mass is 10.2. The van der Waals surface area contributed by atoms with Crippen molar-refractivity contribution < 1.29 is 14.3 Å². The van der Waals surface area contributed by atoms with Gasteiger partial charge in [-0.15, -0.1) is 0 Å². The minimum Gasteiger partial charge on any atom is -0.489 e. The number of hydrogen-bond donors (Lipinski definition) is 0. The molecule has 0 aliphatic carbocycles. The Kier molecular flexibility index (Phi) is 7.11. The van der Waals surface area contributed by atoms with E-state index >= 15 is 0 Å². The van der Waals surface area contributed by atoms with Crippen LogP contribution in [-0.2, 0) is 17.9 Å². The van der Waals surface area contributed by atoms with E-state index in [1.165, 1.54) is 0 Å². The van der Waals surface area contributed by atoms with Crippen LogP contribution in [0.3, 0.4) is 0 Å². The van der Waals surface area contributed by atoms with Crippen molar-refractivity contribution >= 4 is 63.8 Å². The molecule has 0 unspecified atom stereocenters. The number of amides is 2. The van der Waals surface area contributed by atoms with Crippen LogP contribution in [0, 0.1) is 0 Å². The van der Waals surface area contributed by atoms with Crippen LogP contribution < -0.4 is 4.74 Å². The highest BCUT2D eigenvalue weighted by atomic mass is 35.5. The molecule has 1 aliphatic heterocycles. The Labute approximate surface area is 204 Å². The second-order valence-electron chi connectivity index (χ2n) is 6.95. The van der Waals surface area contributed by atoms with Crippen LogP contribution in [0.2, 0.25) is 15.1 Å². The Morgan fingerprint density at radius 2 is 1.53 bits per heavy atom. The second kappa shape index (κ2) is 10.0. The molecule has 4 rings (SSSR count). The van der Waals surface area contributed by atoms with E-state index in [0.717, 1.165) is 27.8 Å². The number of carbonyl (C=O) groups is 2. The van der Waals surface area contributed by atoms with Crippen molar-refractivity contribution in [2.75, 3.05) is 0 Å². The van der Waals surface area contributed by atoms with E-state index in [0.29, 0.717) is 37.9 Å². The van der Waals surface area contributed by atoms with E-state index in [4.69, 9.17) is 39.5 Å². The van der Waals surface area contributed by atoms with Gasteiger partial charge in [0.1, 0.15) is 12.4 Å². The largest absolute Gasteiger partial charge is 0.489 e. The van der Waals surface area contributed by atoms with Gasteiger partial charge >= 0.3 is 0 Å². The van der Waals surface area contributed by atoms with Gasteiger partial charge in [-0.05, 0) is 65.4 Å². The number of nitrogens with zero attached hydrogens (tertiary/aromatic N) is 1. The highest BCUT2D eigenvalue weighted by Gasteiger charge is 2.35. The molecule has 0 radical (unpaired) electrons. The SMILES string of the molecule is O=C1S/C(=C\c2ccc(OCc3ccc(Cl)cc3)cc2)C(=O)N1Cc1c(Cl)cccc1Cl. The summed E-state index contributed by atoms with van der Waals surface area (Å²) in [6.07, 6.45) is 1.68.